The average Bonchev–Trinajstić information content (AvgIpc) is 2.60. The summed E-state index contributed by atoms with van der Waals surface area (Å²) in [6, 6.07) is 15.9. The number of carbonyl (C=O) groups is 2. The molecule has 6 nitrogen and oxygen atoms in total. The molecular weight excluding hydrogens is 332 g/mol. The monoisotopic (exact) mass is 348 g/mol. The van der Waals surface area contributed by atoms with Gasteiger partial charge in [0.05, 0.1) is 11.1 Å². The van der Waals surface area contributed by atoms with Crippen molar-refractivity contribution in [1.29, 1.82) is 0 Å². The van der Waals surface area contributed by atoms with E-state index in [9.17, 15) is 19.8 Å². The van der Waals surface area contributed by atoms with E-state index in [4.69, 9.17) is 11.5 Å². The van der Waals surface area contributed by atoms with E-state index in [-0.39, 0.29) is 22.3 Å². The van der Waals surface area contributed by atoms with Gasteiger partial charge in [-0.1, -0.05) is 24.3 Å². The molecule has 0 heterocycles. The molecule has 3 aromatic rings. The van der Waals surface area contributed by atoms with Crippen LogP contribution in [0, 0.1) is 0 Å². The first-order chi connectivity index (χ1) is 12.4. The van der Waals surface area contributed by atoms with Crippen LogP contribution in [0.3, 0.4) is 0 Å². The normalized spacial score (nSPS) is 10.5. The SMILES string of the molecule is Nc1cccc(-c2c(C(=O)O)ccc(C(=O)O)c2-c2cccc(N)c2)c1. The fraction of sp³-hybridized carbons (Fsp3) is 0. The van der Waals surface area contributed by atoms with Crippen molar-refractivity contribution in [2.75, 3.05) is 11.5 Å². The van der Waals surface area contributed by atoms with Crippen LogP contribution in [-0.2, 0) is 0 Å². The van der Waals surface area contributed by atoms with Gasteiger partial charge in [0, 0.05) is 22.5 Å². The zero-order valence-electron chi connectivity index (χ0n) is 13.6. The lowest BCUT2D eigenvalue weighted by molar-refractivity contribution is 0.0682. The summed E-state index contributed by atoms with van der Waals surface area (Å²) in [4.78, 5) is 23.6. The Labute approximate surface area is 149 Å². The van der Waals surface area contributed by atoms with E-state index >= 15 is 0 Å². The number of carboxylic acid groups (broad SMARTS) is 2. The highest BCUT2D eigenvalue weighted by Gasteiger charge is 2.23. The highest BCUT2D eigenvalue weighted by molar-refractivity contribution is 6.08. The molecule has 3 rings (SSSR count). The van der Waals surface area contributed by atoms with Crippen molar-refractivity contribution in [3.8, 4) is 22.3 Å². The molecule has 0 atom stereocenters. The van der Waals surface area contributed by atoms with Crippen LogP contribution >= 0.6 is 0 Å². The first-order valence-corrected chi connectivity index (χ1v) is 7.74. The fourth-order valence-corrected chi connectivity index (χ4v) is 2.95. The van der Waals surface area contributed by atoms with Gasteiger partial charge >= 0.3 is 11.9 Å². The number of nitrogen functional groups attached to an aromatic ring is 2. The van der Waals surface area contributed by atoms with E-state index in [1.54, 1.807) is 48.5 Å². The molecule has 0 aliphatic heterocycles. The number of benzene rings is 3. The van der Waals surface area contributed by atoms with Gasteiger partial charge < -0.3 is 21.7 Å². The summed E-state index contributed by atoms with van der Waals surface area (Å²) in [6.07, 6.45) is 0. The number of aromatic carboxylic acids is 2. The van der Waals surface area contributed by atoms with Crippen LogP contribution in [0.1, 0.15) is 20.7 Å². The largest absolute Gasteiger partial charge is 0.478 e. The predicted octanol–water partition coefficient (Wildman–Crippen LogP) is 3.58. The molecule has 0 radical (unpaired) electrons. The minimum absolute atomic E-state index is 0.0157. The Morgan fingerprint density at radius 2 is 1.04 bits per heavy atom. The van der Waals surface area contributed by atoms with Crippen LogP contribution in [-0.4, -0.2) is 22.2 Å². The van der Waals surface area contributed by atoms with Gasteiger partial charge in [-0.05, 0) is 47.5 Å². The van der Waals surface area contributed by atoms with Crippen molar-refractivity contribution >= 4 is 23.3 Å². The van der Waals surface area contributed by atoms with E-state index in [1.807, 2.05) is 0 Å². The van der Waals surface area contributed by atoms with Gasteiger partial charge in [-0.15, -0.1) is 0 Å². The molecule has 0 aliphatic carbocycles. The Balaban J connectivity index is 2.47. The molecule has 0 saturated carbocycles. The lowest BCUT2D eigenvalue weighted by Crippen LogP contribution is -2.07. The van der Waals surface area contributed by atoms with Gasteiger partial charge in [0.25, 0.3) is 0 Å². The molecule has 0 saturated heterocycles. The molecule has 0 aromatic heterocycles. The third-order valence-electron chi connectivity index (χ3n) is 4.02. The van der Waals surface area contributed by atoms with Gasteiger partial charge in [-0.3, -0.25) is 0 Å². The van der Waals surface area contributed by atoms with Crippen molar-refractivity contribution in [3.05, 3.63) is 71.8 Å². The molecule has 0 bridgehead atoms. The highest BCUT2D eigenvalue weighted by Crippen LogP contribution is 2.39. The molecule has 130 valence electrons. The maximum absolute atomic E-state index is 11.8. The number of rotatable bonds is 4. The molecule has 0 amide bonds. The second-order valence-electron chi connectivity index (χ2n) is 5.77. The number of hydrogen-bond donors (Lipinski definition) is 4. The third kappa shape index (κ3) is 3.08. The average molecular weight is 348 g/mol. The smallest absolute Gasteiger partial charge is 0.336 e. The molecule has 0 fully saturated rings. The summed E-state index contributed by atoms with van der Waals surface area (Å²) in [5, 5.41) is 19.3. The number of hydrogen-bond acceptors (Lipinski definition) is 4. The quantitative estimate of drug-likeness (QED) is 0.534. The Kier molecular flexibility index (Phi) is 4.33. The Bertz CT molecular complexity index is 946. The first kappa shape index (κ1) is 17.0. The van der Waals surface area contributed by atoms with Gasteiger partial charge in [0.1, 0.15) is 0 Å². The van der Waals surface area contributed by atoms with Crippen LogP contribution in [0.25, 0.3) is 22.3 Å². The third-order valence-corrected chi connectivity index (χ3v) is 4.02. The Morgan fingerprint density at radius 1 is 0.654 bits per heavy atom. The second kappa shape index (κ2) is 6.60. The minimum atomic E-state index is -1.16. The van der Waals surface area contributed by atoms with Crippen LogP contribution < -0.4 is 11.5 Å². The molecular formula is C20H16N2O4. The van der Waals surface area contributed by atoms with Crippen molar-refractivity contribution in [1.82, 2.24) is 0 Å². The zero-order valence-corrected chi connectivity index (χ0v) is 13.6. The molecule has 6 heteroatoms. The second-order valence-corrected chi connectivity index (χ2v) is 5.77. The lowest BCUT2D eigenvalue weighted by atomic mass is 9.86. The molecule has 26 heavy (non-hydrogen) atoms. The molecule has 3 aromatic carbocycles. The van der Waals surface area contributed by atoms with Crippen LogP contribution in [0.5, 0.6) is 0 Å². The summed E-state index contributed by atoms with van der Waals surface area (Å²) in [5.74, 6) is -2.32. The van der Waals surface area contributed by atoms with Crippen LogP contribution in [0.4, 0.5) is 11.4 Å². The van der Waals surface area contributed by atoms with Crippen LogP contribution in [0.2, 0.25) is 0 Å². The van der Waals surface area contributed by atoms with Crippen LogP contribution in [0.15, 0.2) is 60.7 Å². The maximum Gasteiger partial charge on any atom is 0.336 e. The minimum Gasteiger partial charge on any atom is -0.478 e. The van der Waals surface area contributed by atoms with Crippen molar-refractivity contribution in [2.24, 2.45) is 0 Å². The van der Waals surface area contributed by atoms with Gasteiger partial charge in [-0.2, -0.15) is 0 Å². The van der Waals surface area contributed by atoms with E-state index in [2.05, 4.69) is 0 Å². The van der Waals surface area contributed by atoms with Crippen molar-refractivity contribution in [2.45, 2.75) is 0 Å². The predicted molar refractivity (Wildman–Crippen MR) is 100 cm³/mol. The Morgan fingerprint density at radius 3 is 1.35 bits per heavy atom. The molecule has 0 spiro atoms. The summed E-state index contributed by atoms with van der Waals surface area (Å²) >= 11 is 0. The Hall–Kier alpha value is -3.80. The van der Waals surface area contributed by atoms with Gasteiger partial charge in [-0.25, -0.2) is 9.59 Å². The molecule has 6 N–H and O–H groups in total. The summed E-state index contributed by atoms with van der Waals surface area (Å²) < 4.78 is 0. The van der Waals surface area contributed by atoms with Gasteiger partial charge in [0.2, 0.25) is 0 Å². The number of anilines is 2. The fourth-order valence-electron chi connectivity index (χ4n) is 2.95. The molecule has 0 aliphatic rings. The van der Waals surface area contributed by atoms with E-state index < -0.39 is 11.9 Å². The maximum atomic E-state index is 11.8. The van der Waals surface area contributed by atoms with Gasteiger partial charge in [0.15, 0.2) is 0 Å². The topological polar surface area (TPSA) is 127 Å². The first-order valence-electron chi connectivity index (χ1n) is 7.74. The highest BCUT2D eigenvalue weighted by atomic mass is 16.4. The summed E-state index contributed by atoms with van der Waals surface area (Å²) in [5.41, 5.74) is 14.2. The standard InChI is InChI=1S/C20H16N2O4/c21-13-5-1-3-11(9-13)17-15(19(23)24)7-8-16(20(25)26)18(17)12-4-2-6-14(22)10-12/h1-10H,21-22H2,(H,23,24)(H,25,26). The zero-order chi connectivity index (χ0) is 18.8. The van der Waals surface area contributed by atoms with E-state index in [0.29, 0.717) is 22.5 Å². The number of carboxylic acids is 2. The van der Waals surface area contributed by atoms with E-state index in [0.717, 1.165) is 0 Å². The van der Waals surface area contributed by atoms with E-state index in [1.165, 1.54) is 12.1 Å². The van der Waals surface area contributed by atoms with Crippen molar-refractivity contribution < 1.29 is 19.8 Å². The summed E-state index contributed by atoms with van der Waals surface area (Å²) in [7, 11) is 0. The van der Waals surface area contributed by atoms with Crippen molar-refractivity contribution in [3.63, 3.8) is 0 Å². The lowest BCUT2D eigenvalue weighted by Gasteiger charge is -2.17. The summed E-state index contributed by atoms with van der Waals surface area (Å²) in [6.45, 7) is 0. The number of nitrogens with two attached hydrogens (primary N) is 2. The molecule has 0 unspecified atom stereocenters.